The van der Waals surface area contributed by atoms with Gasteiger partial charge < -0.3 is 20.5 Å². The van der Waals surface area contributed by atoms with Gasteiger partial charge in [0.1, 0.15) is 5.69 Å². The predicted molar refractivity (Wildman–Crippen MR) is 147 cm³/mol. The normalized spacial score (nSPS) is 11.0. The average Bonchev–Trinajstić information content (AvgIpc) is 3.63. The molecule has 3 aromatic heterocycles. The molecule has 3 amide bonds. The molecule has 0 unspecified atom stereocenters. The molecule has 0 aliphatic heterocycles. The molecule has 0 spiro atoms. The minimum atomic E-state index is -4.61. The van der Waals surface area contributed by atoms with Crippen molar-refractivity contribution < 1.29 is 22.8 Å². The number of rotatable bonds is 4. The van der Waals surface area contributed by atoms with Gasteiger partial charge in [0.2, 0.25) is 0 Å². The van der Waals surface area contributed by atoms with Gasteiger partial charge >= 0.3 is 12.2 Å². The molecule has 0 saturated heterocycles. The average molecular weight is 558 g/mol. The third kappa shape index (κ3) is 5.89. The lowest BCUT2D eigenvalue weighted by atomic mass is 10.0. The number of urea groups is 1. The van der Waals surface area contributed by atoms with E-state index in [-0.39, 0.29) is 23.0 Å². The number of carbonyl (C=O) groups excluding carboxylic acids is 2. The molecule has 0 aliphatic carbocycles. The summed E-state index contributed by atoms with van der Waals surface area (Å²) < 4.78 is 43.8. The van der Waals surface area contributed by atoms with E-state index < -0.39 is 17.6 Å². The number of imidazole rings is 2. The Hall–Kier alpha value is -5.57. The van der Waals surface area contributed by atoms with Crippen LogP contribution in [0.25, 0.3) is 11.3 Å². The van der Waals surface area contributed by atoms with Gasteiger partial charge in [0, 0.05) is 48.1 Å². The lowest BCUT2D eigenvalue weighted by molar-refractivity contribution is -0.137. The van der Waals surface area contributed by atoms with Gasteiger partial charge in [-0.25, -0.2) is 14.8 Å². The first-order valence-corrected chi connectivity index (χ1v) is 12.2. The predicted octanol–water partition coefficient (Wildman–Crippen LogP) is 5.25. The number of nitrogens with zero attached hydrogens (tertiary/aromatic N) is 4. The summed E-state index contributed by atoms with van der Waals surface area (Å²) in [5.41, 5.74) is 2.39. The highest BCUT2D eigenvalue weighted by Crippen LogP contribution is 2.33. The maximum Gasteiger partial charge on any atom is 0.416 e. The van der Waals surface area contributed by atoms with Crippen LogP contribution in [0.4, 0.5) is 29.3 Å². The summed E-state index contributed by atoms with van der Waals surface area (Å²) in [6.45, 7) is 1.83. The number of hydrogen-bond acceptors (Lipinski definition) is 4. The minimum Gasteiger partial charge on any atom is -0.341 e. The lowest BCUT2D eigenvalue weighted by Crippen LogP contribution is -2.24. The molecule has 5 rings (SSSR count). The number of hydrogen-bond donors (Lipinski definition) is 3. The van der Waals surface area contributed by atoms with E-state index in [4.69, 9.17) is 0 Å². The van der Waals surface area contributed by atoms with Gasteiger partial charge in [0.25, 0.3) is 5.91 Å². The molecule has 41 heavy (non-hydrogen) atoms. The zero-order valence-electron chi connectivity index (χ0n) is 21.7. The number of amides is 3. The van der Waals surface area contributed by atoms with E-state index in [2.05, 4.69) is 37.8 Å². The largest absolute Gasteiger partial charge is 0.416 e. The summed E-state index contributed by atoms with van der Waals surface area (Å²) in [6.07, 6.45) is 3.03. The number of pyridine rings is 1. The Morgan fingerprint density at radius 1 is 1.00 bits per heavy atom. The van der Waals surface area contributed by atoms with Crippen LogP contribution < -0.4 is 16.0 Å². The molecular formula is C29H22F3N7O2. The molecule has 0 atom stereocenters. The Balaban J connectivity index is 1.42. The standard InChI is InChI=1S/C29H22F3N7O2/c1-18-5-6-20(27(40)36-22-13-21(29(30,31)32)14-24(15-22)38-11-9-34-17-38)12-19(18)7-8-23-16-35-26-25(37-28(41)33-2)4-3-10-39(23)26/h3-6,9-17H,1-2H3,(H,36,40)(H2,33,37,41). The number of alkyl halides is 3. The number of anilines is 2. The summed E-state index contributed by atoms with van der Waals surface area (Å²) in [6, 6.07) is 11.2. The van der Waals surface area contributed by atoms with Gasteiger partial charge in [0.15, 0.2) is 5.65 Å². The van der Waals surface area contributed by atoms with Crippen molar-refractivity contribution in [1.29, 1.82) is 0 Å². The van der Waals surface area contributed by atoms with Gasteiger partial charge in [-0.15, -0.1) is 0 Å². The number of fused-ring (bicyclic) bond motifs is 1. The van der Waals surface area contributed by atoms with Crippen LogP contribution >= 0.6 is 0 Å². The van der Waals surface area contributed by atoms with Crippen LogP contribution in [0.15, 0.2) is 79.6 Å². The van der Waals surface area contributed by atoms with Crippen LogP contribution in [0.1, 0.15) is 32.7 Å². The van der Waals surface area contributed by atoms with E-state index in [0.717, 1.165) is 17.7 Å². The van der Waals surface area contributed by atoms with Crippen molar-refractivity contribution in [2.75, 3.05) is 17.7 Å². The first kappa shape index (κ1) is 27.0. The van der Waals surface area contributed by atoms with E-state index in [1.807, 2.05) is 6.92 Å². The maximum absolute atomic E-state index is 13.6. The van der Waals surface area contributed by atoms with Crippen LogP contribution in [0, 0.1) is 18.8 Å². The second-order valence-electron chi connectivity index (χ2n) is 8.93. The van der Waals surface area contributed by atoms with Crippen molar-refractivity contribution in [2.45, 2.75) is 13.1 Å². The molecule has 0 radical (unpaired) electrons. The molecule has 2 aromatic carbocycles. The first-order valence-electron chi connectivity index (χ1n) is 12.2. The van der Waals surface area contributed by atoms with Crippen LogP contribution in [-0.2, 0) is 6.18 Å². The van der Waals surface area contributed by atoms with Crippen molar-refractivity contribution in [3.05, 3.63) is 108 Å². The highest BCUT2D eigenvalue weighted by atomic mass is 19.4. The molecule has 5 aromatic rings. The van der Waals surface area contributed by atoms with E-state index in [0.29, 0.717) is 22.6 Å². The molecule has 0 aliphatic rings. The number of benzene rings is 2. The van der Waals surface area contributed by atoms with Gasteiger partial charge in [-0.05, 0) is 60.9 Å². The topological polar surface area (TPSA) is 105 Å². The molecule has 12 heteroatoms. The zero-order valence-corrected chi connectivity index (χ0v) is 21.7. The van der Waals surface area contributed by atoms with Crippen LogP contribution in [0.3, 0.4) is 0 Å². The summed E-state index contributed by atoms with van der Waals surface area (Å²) in [4.78, 5) is 33.0. The molecule has 9 nitrogen and oxygen atoms in total. The van der Waals surface area contributed by atoms with Crippen molar-refractivity contribution in [3.63, 3.8) is 0 Å². The fraction of sp³-hybridized carbons (Fsp3) is 0.103. The van der Waals surface area contributed by atoms with Crippen molar-refractivity contribution in [2.24, 2.45) is 0 Å². The molecule has 206 valence electrons. The Morgan fingerprint density at radius 3 is 2.56 bits per heavy atom. The summed E-state index contributed by atoms with van der Waals surface area (Å²) >= 11 is 0. The maximum atomic E-state index is 13.6. The number of carbonyl (C=O) groups is 2. The molecule has 3 heterocycles. The van der Waals surface area contributed by atoms with Gasteiger partial charge in [-0.3, -0.25) is 9.20 Å². The smallest absolute Gasteiger partial charge is 0.341 e. The Labute approximate surface area is 232 Å². The second kappa shape index (κ2) is 10.9. The van der Waals surface area contributed by atoms with Gasteiger partial charge in [0.05, 0.1) is 23.8 Å². The van der Waals surface area contributed by atoms with E-state index in [1.165, 1.54) is 36.4 Å². The Morgan fingerprint density at radius 2 is 1.83 bits per heavy atom. The number of aromatic nitrogens is 4. The lowest BCUT2D eigenvalue weighted by Gasteiger charge is -2.14. The second-order valence-corrected chi connectivity index (χ2v) is 8.93. The molecule has 3 N–H and O–H groups in total. The quantitative estimate of drug-likeness (QED) is 0.263. The van der Waals surface area contributed by atoms with Gasteiger partial charge in [-0.1, -0.05) is 12.0 Å². The van der Waals surface area contributed by atoms with E-state index in [1.54, 1.807) is 47.1 Å². The van der Waals surface area contributed by atoms with Crippen LogP contribution in [0.5, 0.6) is 0 Å². The van der Waals surface area contributed by atoms with Crippen LogP contribution in [0.2, 0.25) is 0 Å². The van der Waals surface area contributed by atoms with E-state index in [9.17, 15) is 22.8 Å². The molecule has 0 bridgehead atoms. The van der Waals surface area contributed by atoms with Crippen LogP contribution in [-0.4, -0.2) is 37.9 Å². The van der Waals surface area contributed by atoms with Gasteiger partial charge in [-0.2, -0.15) is 13.2 Å². The summed E-state index contributed by atoms with van der Waals surface area (Å²) in [5.74, 6) is 5.49. The molecule has 0 saturated carbocycles. The third-order valence-corrected chi connectivity index (χ3v) is 6.14. The number of halogens is 3. The number of nitrogens with one attached hydrogen (secondary N) is 3. The fourth-order valence-corrected chi connectivity index (χ4v) is 4.03. The Kier molecular flexibility index (Phi) is 7.18. The monoisotopic (exact) mass is 557 g/mol. The van der Waals surface area contributed by atoms with Crippen molar-refractivity contribution in [1.82, 2.24) is 24.3 Å². The highest BCUT2D eigenvalue weighted by Gasteiger charge is 2.31. The molecular weight excluding hydrogens is 535 g/mol. The summed E-state index contributed by atoms with van der Waals surface area (Å²) in [7, 11) is 1.51. The third-order valence-electron chi connectivity index (χ3n) is 6.14. The summed E-state index contributed by atoms with van der Waals surface area (Å²) in [5, 5.41) is 7.75. The fourth-order valence-electron chi connectivity index (χ4n) is 4.03. The Bertz CT molecular complexity index is 1830. The first-order chi connectivity index (χ1) is 19.6. The van der Waals surface area contributed by atoms with Crippen molar-refractivity contribution in [3.8, 4) is 17.5 Å². The minimum absolute atomic E-state index is 0.0198. The highest BCUT2D eigenvalue weighted by molar-refractivity contribution is 6.04. The van der Waals surface area contributed by atoms with Crippen molar-refractivity contribution >= 4 is 29.0 Å². The molecule has 0 fully saturated rings. The zero-order chi connectivity index (χ0) is 29.1. The van der Waals surface area contributed by atoms with E-state index >= 15 is 0 Å². The SMILES string of the molecule is CNC(=O)Nc1cccn2c(C#Cc3cc(C(=O)Nc4cc(-n5ccnc5)cc(C(F)(F)F)c4)ccc3C)cnc12. The number of aryl methyl sites for hydroxylation is 1.